The van der Waals surface area contributed by atoms with E-state index >= 15 is 0 Å². The molecular weight excluding hydrogens is 230 g/mol. The van der Waals surface area contributed by atoms with Crippen molar-refractivity contribution in [2.75, 3.05) is 13.2 Å². The second-order valence-corrected chi connectivity index (χ2v) is 3.68. The molecule has 0 bridgehead atoms. The molecule has 94 valence electrons. The lowest BCUT2D eigenvalue weighted by atomic mass is 10.2. The average Bonchev–Trinajstić information content (AvgIpc) is 2.67. The predicted molar refractivity (Wildman–Crippen MR) is 47.6 cm³/mol. The van der Waals surface area contributed by atoms with E-state index in [4.69, 9.17) is 4.74 Å². The number of rotatable bonds is 5. The molecule has 0 aliphatic carbocycles. The maximum Gasteiger partial charge on any atom is 0.324 e. The van der Waals surface area contributed by atoms with Gasteiger partial charge in [-0.05, 0) is 12.8 Å². The minimum Gasteiger partial charge on any atom is -0.378 e. The van der Waals surface area contributed by atoms with Gasteiger partial charge in [-0.2, -0.15) is 8.78 Å². The van der Waals surface area contributed by atoms with E-state index < -0.39 is 24.8 Å². The summed E-state index contributed by atoms with van der Waals surface area (Å²) in [6.45, 7) is -0.790. The third-order valence-electron chi connectivity index (χ3n) is 2.28. The molecule has 3 nitrogen and oxygen atoms in total. The predicted octanol–water partition coefficient (Wildman–Crippen LogP) is 1.57. The normalized spacial score (nSPS) is 21.4. The summed E-state index contributed by atoms with van der Waals surface area (Å²) in [6, 6.07) is 0. The van der Waals surface area contributed by atoms with Gasteiger partial charge in [-0.15, -0.1) is 0 Å². The van der Waals surface area contributed by atoms with Crippen LogP contribution in [0.4, 0.5) is 17.6 Å². The van der Waals surface area contributed by atoms with E-state index in [1.165, 1.54) is 0 Å². The van der Waals surface area contributed by atoms with E-state index in [0.29, 0.717) is 13.0 Å². The van der Waals surface area contributed by atoms with Gasteiger partial charge < -0.3 is 10.1 Å². The van der Waals surface area contributed by atoms with Crippen LogP contribution in [0.2, 0.25) is 0 Å². The molecule has 0 spiro atoms. The highest BCUT2D eigenvalue weighted by atomic mass is 19.3. The molecule has 1 saturated heterocycles. The number of hydrogen-bond acceptors (Lipinski definition) is 2. The highest BCUT2D eigenvalue weighted by Crippen LogP contribution is 2.21. The molecule has 16 heavy (non-hydrogen) atoms. The molecule has 1 rings (SSSR count). The molecule has 1 fully saturated rings. The fourth-order valence-electron chi connectivity index (χ4n) is 1.38. The lowest BCUT2D eigenvalue weighted by molar-refractivity contribution is -0.137. The van der Waals surface area contributed by atoms with Crippen LogP contribution >= 0.6 is 0 Å². The van der Waals surface area contributed by atoms with E-state index in [-0.39, 0.29) is 12.5 Å². The number of carbonyl (C=O) groups excluding carboxylic acids is 1. The molecule has 1 aliphatic heterocycles. The first-order chi connectivity index (χ1) is 7.42. The third kappa shape index (κ3) is 3.96. The van der Waals surface area contributed by atoms with Crippen molar-refractivity contribution in [2.45, 2.75) is 37.7 Å². The van der Waals surface area contributed by atoms with Crippen LogP contribution in [0.1, 0.15) is 19.3 Å². The van der Waals surface area contributed by atoms with Crippen molar-refractivity contribution in [3.63, 3.8) is 0 Å². The third-order valence-corrected chi connectivity index (χ3v) is 2.28. The molecule has 0 unspecified atom stereocenters. The van der Waals surface area contributed by atoms with Gasteiger partial charge in [0.25, 0.3) is 0 Å². The van der Waals surface area contributed by atoms with E-state index in [1.54, 1.807) is 5.32 Å². The Morgan fingerprint density at radius 1 is 1.50 bits per heavy atom. The van der Waals surface area contributed by atoms with Crippen molar-refractivity contribution >= 4 is 5.91 Å². The molecule has 7 heteroatoms. The molecule has 1 N–H and O–H groups in total. The lowest BCUT2D eigenvalue weighted by Gasteiger charge is -2.16. The van der Waals surface area contributed by atoms with Crippen molar-refractivity contribution in [3.05, 3.63) is 0 Å². The van der Waals surface area contributed by atoms with Gasteiger partial charge in [-0.25, -0.2) is 8.78 Å². The average molecular weight is 243 g/mol. The van der Waals surface area contributed by atoms with E-state index in [9.17, 15) is 22.4 Å². The summed E-state index contributed by atoms with van der Waals surface area (Å²) in [7, 11) is 0. The summed E-state index contributed by atoms with van der Waals surface area (Å²) in [4.78, 5) is 11.1. The van der Waals surface area contributed by atoms with Gasteiger partial charge in [0, 0.05) is 6.61 Å². The molecule has 0 aromatic rings. The quantitative estimate of drug-likeness (QED) is 0.744. The van der Waals surface area contributed by atoms with Crippen LogP contribution in [0.3, 0.4) is 0 Å². The Morgan fingerprint density at radius 2 is 2.19 bits per heavy atom. The minimum atomic E-state index is -4.17. The lowest BCUT2D eigenvalue weighted by Crippen LogP contribution is -2.42. The summed E-state index contributed by atoms with van der Waals surface area (Å²) in [6.07, 6.45) is -2.58. The Bertz CT molecular complexity index is 242. The molecule has 1 heterocycles. The topological polar surface area (TPSA) is 38.3 Å². The first-order valence-corrected chi connectivity index (χ1v) is 4.96. The van der Waals surface area contributed by atoms with Gasteiger partial charge in [0.2, 0.25) is 5.91 Å². The summed E-state index contributed by atoms with van der Waals surface area (Å²) in [5.41, 5.74) is 0. The molecule has 1 atom stereocenters. The van der Waals surface area contributed by atoms with E-state index in [1.807, 2.05) is 0 Å². The highest BCUT2D eigenvalue weighted by molar-refractivity contribution is 5.76. The van der Waals surface area contributed by atoms with Gasteiger partial charge in [-0.3, -0.25) is 4.79 Å². The van der Waals surface area contributed by atoms with Gasteiger partial charge in [0.1, 0.15) is 0 Å². The molecule has 0 aromatic heterocycles. The van der Waals surface area contributed by atoms with Crippen LogP contribution < -0.4 is 5.32 Å². The Hall–Kier alpha value is -0.850. The molecule has 0 radical (unpaired) electrons. The second kappa shape index (κ2) is 5.47. The Labute approximate surface area is 90.1 Å². The van der Waals surface area contributed by atoms with Crippen LogP contribution in [0, 0.1) is 0 Å². The largest absolute Gasteiger partial charge is 0.378 e. The zero-order chi connectivity index (χ0) is 12.2. The first-order valence-electron chi connectivity index (χ1n) is 4.96. The highest BCUT2D eigenvalue weighted by Gasteiger charge is 2.40. The maximum atomic E-state index is 12.4. The number of amides is 1. The summed E-state index contributed by atoms with van der Waals surface area (Å²) in [5, 5.41) is 1.78. The van der Waals surface area contributed by atoms with Gasteiger partial charge in [0.05, 0.1) is 19.1 Å². The number of halogens is 4. The molecule has 0 aromatic carbocycles. The van der Waals surface area contributed by atoms with Gasteiger partial charge in [0.15, 0.2) is 0 Å². The van der Waals surface area contributed by atoms with Gasteiger partial charge >= 0.3 is 12.3 Å². The first kappa shape index (κ1) is 13.2. The van der Waals surface area contributed by atoms with Crippen molar-refractivity contribution in [1.82, 2.24) is 5.32 Å². The van der Waals surface area contributed by atoms with Crippen molar-refractivity contribution < 1.29 is 27.1 Å². The Balaban J connectivity index is 2.24. The fraction of sp³-hybridized carbons (Fsp3) is 0.889. The molecule has 1 amide bonds. The Morgan fingerprint density at radius 3 is 2.69 bits per heavy atom. The standard InChI is InChI=1S/C9H13F4NO2/c10-8(11)9(12,13)5-14-7(15)4-6-2-1-3-16-6/h6,8H,1-5H2,(H,14,15)/t6-/m1/s1. The van der Waals surface area contributed by atoms with Crippen LogP contribution in [0.15, 0.2) is 0 Å². The van der Waals surface area contributed by atoms with Crippen LogP contribution in [-0.4, -0.2) is 37.5 Å². The van der Waals surface area contributed by atoms with Crippen LogP contribution in [0.25, 0.3) is 0 Å². The zero-order valence-electron chi connectivity index (χ0n) is 8.52. The monoisotopic (exact) mass is 243 g/mol. The summed E-state index contributed by atoms with van der Waals surface area (Å²) < 4.78 is 53.4. The SMILES string of the molecule is O=C(C[C@H]1CCCO1)NCC(F)(F)C(F)F. The van der Waals surface area contributed by atoms with E-state index in [2.05, 4.69) is 0 Å². The zero-order valence-corrected chi connectivity index (χ0v) is 8.52. The number of ether oxygens (including phenoxy) is 1. The molecular formula is C9H13F4NO2. The van der Waals surface area contributed by atoms with E-state index in [0.717, 1.165) is 6.42 Å². The fourth-order valence-corrected chi connectivity index (χ4v) is 1.38. The number of nitrogens with one attached hydrogen (secondary N) is 1. The van der Waals surface area contributed by atoms with Gasteiger partial charge in [-0.1, -0.05) is 0 Å². The van der Waals surface area contributed by atoms with Crippen molar-refractivity contribution in [2.24, 2.45) is 0 Å². The smallest absolute Gasteiger partial charge is 0.324 e. The second-order valence-electron chi connectivity index (χ2n) is 3.68. The number of carbonyl (C=O) groups is 1. The minimum absolute atomic E-state index is 0.0562. The summed E-state index contributed by atoms with van der Waals surface area (Å²) in [5.74, 6) is -4.86. The van der Waals surface area contributed by atoms with Crippen molar-refractivity contribution in [3.8, 4) is 0 Å². The molecule has 0 saturated carbocycles. The number of hydrogen-bond donors (Lipinski definition) is 1. The van der Waals surface area contributed by atoms with Crippen LogP contribution in [0.5, 0.6) is 0 Å². The Kier molecular flexibility index (Phi) is 4.52. The summed E-state index contributed by atoms with van der Waals surface area (Å²) >= 11 is 0. The maximum absolute atomic E-state index is 12.4. The van der Waals surface area contributed by atoms with Crippen molar-refractivity contribution in [1.29, 1.82) is 0 Å². The van der Waals surface area contributed by atoms with Crippen LogP contribution in [-0.2, 0) is 9.53 Å². The number of alkyl halides is 4. The molecule has 1 aliphatic rings.